The Kier molecular flexibility index (Phi) is 6.15. The van der Waals surface area contributed by atoms with Crippen LogP contribution < -0.4 is 10.6 Å². The van der Waals surface area contributed by atoms with E-state index in [1.54, 1.807) is 6.33 Å². The zero-order chi connectivity index (χ0) is 19.0. The summed E-state index contributed by atoms with van der Waals surface area (Å²) in [7, 11) is 0. The highest BCUT2D eigenvalue weighted by molar-refractivity contribution is 5.47. The van der Waals surface area contributed by atoms with Gasteiger partial charge in [0.15, 0.2) is 0 Å². The van der Waals surface area contributed by atoms with E-state index in [9.17, 15) is 0 Å². The van der Waals surface area contributed by atoms with Gasteiger partial charge in [0.2, 0.25) is 0 Å². The molecule has 3 aromatic rings. The van der Waals surface area contributed by atoms with Crippen molar-refractivity contribution in [3.8, 4) is 0 Å². The molecule has 0 bridgehead atoms. The molecule has 144 valence electrons. The van der Waals surface area contributed by atoms with Crippen LogP contribution in [0, 0.1) is 0 Å². The zero-order valence-corrected chi connectivity index (χ0v) is 16.1. The van der Waals surface area contributed by atoms with Gasteiger partial charge in [-0.2, -0.15) is 0 Å². The van der Waals surface area contributed by atoms with Gasteiger partial charge in [0.1, 0.15) is 18.0 Å². The van der Waals surface area contributed by atoms with E-state index in [1.807, 2.05) is 24.3 Å². The Labute approximate surface area is 166 Å². The summed E-state index contributed by atoms with van der Waals surface area (Å²) < 4.78 is 0. The second kappa shape index (κ2) is 9.33. The average Bonchev–Trinajstić information content (AvgIpc) is 2.76. The number of hydrogen-bond donors (Lipinski definition) is 2. The highest BCUT2D eigenvalue weighted by Crippen LogP contribution is 2.18. The number of benzene rings is 2. The summed E-state index contributed by atoms with van der Waals surface area (Å²) in [6.45, 7) is 4.01. The van der Waals surface area contributed by atoms with Crippen molar-refractivity contribution >= 4 is 11.6 Å². The normalized spacial score (nSPS) is 15.3. The van der Waals surface area contributed by atoms with Crippen molar-refractivity contribution in [3.05, 3.63) is 84.2 Å². The Hall–Kier alpha value is -2.92. The number of nitrogens with one attached hydrogen (secondary N) is 2. The third kappa shape index (κ3) is 5.30. The maximum atomic E-state index is 4.40. The minimum atomic E-state index is 0.462. The van der Waals surface area contributed by atoms with Gasteiger partial charge >= 0.3 is 0 Å². The van der Waals surface area contributed by atoms with Gasteiger partial charge in [0, 0.05) is 38.3 Å². The molecule has 0 saturated carbocycles. The quantitative estimate of drug-likeness (QED) is 0.651. The number of aromatic nitrogens is 2. The molecule has 2 N–H and O–H groups in total. The van der Waals surface area contributed by atoms with Gasteiger partial charge in [-0.1, -0.05) is 60.7 Å². The Morgan fingerprint density at radius 1 is 0.821 bits per heavy atom. The van der Waals surface area contributed by atoms with E-state index in [0.29, 0.717) is 6.04 Å². The van der Waals surface area contributed by atoms with Crippen LogP contribution in [0.3, 0.4) is 0 Å². The molecule has 1 fully saturated rings. The minimum Gasteiger partial charge on any atom is -0.367 e. The van der Waals surface area contributed by atoms with Crippen LogP contribution in [0.15, 0.2) is 73.1 Å². The fourth-order valence-corrected chi connectivity index (χ4v) is 3.61. The molecule has 0 radical (unpaired) electrons. The molecule has 0 atom stereocenters. The molecule has 0 unspecified atom stereocenters. The summed E-state index contributed by atoms with van der Waals surface area (Å²) in [4.78, 5) is 11.3. The molecule has 1 saturated heterocycles. The molecule has 5 heteroatoms. The zero-order valence-electron chi connectivity index (χ0n) is 16.1. The fourth-order valence-electron chi connectivity index (χ4n) is 3.61. The van der Waals surface area contributed by atoms with Gasteiger partial charge in [-0.15, -0.1) is 0 Å². The maximum absolute atomic E-state index is 4.40. The lowest BCUT2D eigenvalue weighted by Crippen LogP contribution is -2.38. The molecule has 0 spiro atoms. The van der Waals surface area contributed by atoms with Crippen LogP contribution in [-0.4, -0.2) is 34.0 Å². The van der Waals surface area contributed by atoms with Crippen molar-refractivity contribution < 1.29 is 0 Å². The van der Waals surface area contributed by atoms with E-state index < -0.39 is 0 Å². The monoisotopic (exact) mass is 373 g/mol. The smallest absolute Gasteiger partial charge is 0.131 e. The van der Waals surface area contributed by atoms with Crippen LogP contribution in [0.1, 0.15) is 24.0 Å². The first kappa shape index (κ1) is 18.4. The van der Waals surface area contributed by atoms with Crippen LogP contribution in [0.5, 0.6) is 0 Å². The largest absolute Gasteiger partial charge is 0.367 e. The second-order valence-electron chi connectivity index (χ2n) is 7.31. The first-order valence-electron chi connectivity index (χ1n) is 9.98. The van der Waals surface area contributed by atoms with Crippen molar-refractivity contribution in [1.82, 2.24) is 14.9 Å². The van der Waals surface area contributed by atoms with Crippen molar-refractivity contribution in [2.75, 3.05) is 23.7 Å². The van der Waals surface area contributed by atoms with Crippen LogP contribution in [0.25, 0.3) is 0 Å². The number of hydrogen-bond acceptors (Lipinski definition) is 5. The SMILES string of the molecule is c1ccc(CNc2cc(NC3CCN(Cc4ccccc4)CC3)ncn2)cc1. The Bertz CT molecular complexity index is 845. The number of piperidine rings is 1. The number of anilines is 2. The lowest BCUT2D eigenvalue weighted by atomic mass is 10.0. The summed E-state index contributed by atoms with van der Waals surface area (Å²) in [6, 6.07) is 23.5. The van der Waals surface area contributed by atoms with Crippen LogP contribution >= 0.6 is 0 Å². The van der Waals surface area contributed by atoms with E-state index in [4.69, 9.17) is 0 Å². The molecule has 0 aliphatic carbocycles. The highest BCUT2D eigenvalue weighted by Gasteiger charge is 2.19. The average molecular weight is 374 g/mol. The van der Waals surface area contributed by atoms with Crippen molar-refractivity contribution in [2.45, 2.75) is 32.0 Å². The van der Waals surface area contributed by atoms with E-state index >= 15 is 0 Å². The van der Waals surface area contributed by atoms with Gasteiger partial charge in [-0.3, -0.25) is 4.90 Å². The Morgan fingerprint density at radius 2 is 1.46 bits per heavy atom. The summed E-state index contributed by atoms with van der Waals surface area (Å²) >= 11 is 0. The molecular weight excluding hydrogens is 346 g/mol. The summed E-state index contributed by atoms with van der Waals surface area (Å²) in [6.07, 6.45) is 3.88. The van der Waals surface area contributed by atoms with Gasteiger partial charge in [-0.05, 0) is 24.0 Å². The third-order valence-electron chi connectivity index (χ3n) is 5.17. The summed E-state index contributed by atoms with van der Waals surface area (Å²) in [5, 5.41) is 6.96. The molecule has 1 aromatic heterocycles. The lowest BCUT2D eigenvalue weighted by Gasteiger charge is -2.32. The molecule has 28 heavy (non-hydrogen) atoms. The van der Waals surface area contributed by atoms with Gasteiger partial charge in [-0.25, -0.2) is 9.97 Å². The number of nitrogens with zero attached hydrogens (tertiary/aromatic N) is 3. The number of likely N-dealkylation sites (tertiary alicyclic amines) is 1. The molecular formula is C23H27N5. The van der Waals surface area contributed by atoms with Crippen LogP contribution in [0.2, 0.25) is 0 Å². The maximum Gasteiger partial charge on any atom is 0.131 e. The topological polar surface area (TPSA) is 53.1 Å². The number of rotatable bonds is 7. The Balaban J connectivity index is 1.26. The van der Waals surface area contributed by atoms with E-state index in [-0.39, 0.29) is 0 Å². The molecule has 5 nitrogen and oxygen atoms in total. The molecule has 1 aliphatic heterocycles. The third-order valence-corrected chi connectivity index (χ3v) is 5.17. The van der Waals surface area contributed by atoms with Crippen molar-refractivity contribution in [2.24, 2.45) is 0 Å². The molecule has 1 aliphatic rings. The predicted octanol–water partition coefficient (Wildman–Crippen LogP) is 4.17. The van der Waals surface area contributed by atoms with E-state index in [1.165, 1.54) is 11.1 Å². The second-order valence-corrected chi connectivity index (χ2v) is 7.31. The van der Waals surface area contributed by atoms with E-state index in [0.717, 1.165) is 50.7 Å². The highest BCUT2D eigenvalue weighted by atomic mass is 15.2. The minimum absolute atomic E-state index is 0.462. The first-order valence-corrected chi connectivity index (χ1v) is 9.98. The van der Waals surface area contributed by atoms with Gasteiger partial charge in [0.05, 0.1) is 0 Å². The molecule has 4 rings (SSSR count). The predicted molar refractivity (Wildman–Crippen MR) is 114 cm³/mol. The first-order chi connectivity index (χ1) is 13.8. The summed E-state index contributed by atoms with van der Waals surface area (Å²) in [5.74, 6) is 1.75. The fraction of sp³-hybridized carbons (Fsp3) is 0.304. The standard InChI is InChI=1S/C23H27N5/c1-3-7-19(8-4-1)16-24-22-15-23(26-18-25-22)27-21-11-13-28(14-12-21)17-20-9-5-2-6-10-20/h1-10,15,18,21H,11-14,16-17H2,(H2,24,25,26,27). The molecule has 2 heterocycles. The van der Waals surface area contributed by atoms with Crippen LogP contribution in [-0.2, 0) is 13.1 Å². The van der Waals surface area contributed by atoms with Crippen molar-refractivity contribution in [3.63, 3.8) is 0 Å². The van der Waals surface area contributed by atoms with Crippen molar-refractivity contribution in [1.29, 1.82) is 0 Å². The van der Waals surface area contributed by atoms with Gasteiger partial charge < -0.3 is 10.6 Å². The molecule has 0 amide bonds. The van der Waals surface area contributed by atoms with Crippen LogP contribution in [0.4, 0.5) is 11.6 Å². The van der Waals surface area contributed by atoms with Gasteiger partial charge in [0.25, 0.3) is 0 Å². The lowest BCUT2D eigenvalue weighted by molar-refractivity contribution is 0.211. The Morgan fingerprint density at radius 3 is 2.18 bits per heavy atom. The molecule has 2 aromatic carbocycles. The summed E-state index contributed by atoms with van der Waals surface area (Å²) in [5.41, 5.74) is 2.63. The van der Waals surface area contributed by atoms with E-state index in [2.05, 4.69) is 68.0 Å².